The van der Waals surface area contributed by atoms with E-state index in [0.717, 1.165) is 22.3 Å². The van der Waals surface area contributed by atoms with Gasteiger partial charge in [-0.3, -0.25) is 4.79 Å². The Bertz CT molecular complexity index is 1030. The summed E-state index contributed by atoms with van der Waals surface area (Å²) in [7, 11) is 1.25. The highest BCUT2D eigenvalue weighted by molar-refractivity contribution is 5.90. The van der Waals surface area contributed by atoms with Crippen molar-refractivity contribution in [2.45, 2.75) is 38.3 Å². The molecule has 0 bridgehead atoms. The molecule has 0 unspecified atom stereocenters. The van der Waals surface area contributed by atoms with Crippen LogP contribution in [0.25, 0.3) is 11.1 Å². The van der Waals surface area contributed by atoms with Crippen LogP contribution in [0.4, 0.5) is 4.79 Å². The number of hydrogen-bond acceptors (Lipinski definition) is 5. The van der Waals surface area contributed by atoms with Crippen LogP contribution in [0.3, 0.4) is 0 Å². The van der Waals surface area contributed by atoms with Crippen LogP contribution < -0.4 is 10.6 Å². The molecule has 7 heteroatoms. The highest BCUT2D eigenvalue weighted by atomic mass is 16.5. The van der Waals surface area contributed by atoms with Crippen molar-refractivity contribution in [1.82, 2.24) is 10.6 Å². The maximum absolute atomic E-state index is 12.7. The van der Waals surface area contributed by atoms with Crippen LogP contribution in [-0.2, 0) is 19.1 Å². The third-order valence-corrected chi connectivity index (χ3v) is 5.69. The van der Waals surface area contributed by atoms with Gasteiger partial charge in [0.15, 0.2) is 0 Å². The Morgan fingerprint density at radius 1 is 1.00 bits per heavy atom. The molecule has 0 heterocycles. The number of methoxy groups -OCH3 is 1. The number of carbonyl (C=O) groups is 3. The molecule has 2 aromatic carbocycles. The molecule has 0 spiro atoms. The largest absolute Gasteiger partial charge is 0.467 e. The van der Waals surface area contributed by atoms with Gasteiger partial charge in [0.1, 0.15) is 18.7 Å². The number of esters is 1. The van der Waals surface area contributed by atoms with Gasteiger partial charge in [0.25, 0.3) is 0 Å². The Morgan fingerprint density at radius 2 is 1.58 bits per heavy atom. The Balaban J connectivity index is 1.66. The van der Waals surface area contributed by atoms with Gasteiger partial charge in [0.05, 0.1) is 7.11 Å². The standard InChI is InChI=1S/C26H28N2O5/c1-5-10-22(24(29)28-23(16(2)3)25(30)32-4)27-26(31)33-15-21-19-13-8-6-11-17(19)18-12-7-9-14-20(18)21/h1,6-9,11-14,16,21-23H,10,15H2,2-4H3,(H,27,31)(H,28,29)/t22-,23-/m0/s1. The molecule has 2 amide bonds. The fourth-order valence-corrected chi connectivity index (χ4v) is 3.99. The number of hydrogen-bond donors (Lipinski definition) is 2. The normalized spacial score (nSPS) is 13.8. The van der Waals surface area contributed by atoms with Crippen molar-refractivity contribution in [3.8, 4) is 23.5 Å². The molecule has 1 aliphatic carbocycles. The van der Waals surface area contributed by atoms with E-state index >= 15 is 0 Å². The van der Waals surface area contributed by atoms with E-state index in [1.165, 1.54) is 7.11 Å². The predicted octanol–water partition coefficient (Wildman–Crippen LogP) is 3.23. The molecule has 3 rings (SSSR count). The van der Waals surface area contributed by atoms with Crippen LogP contribution in [0.15, 0.2) is 48.5 Å². The molecule has 33 heavy (non-hydrogen) atoms. The van der Waals surface area contributed by atoms with Gasteiger partial charge in [0.2, 0.25) is 5.91 Å². The quantitative estimate of drug-likeness (QED) is 0.478. The van der Waals surface area contributed by atoms with Crippen LogP contribution in [0.2, 0.25) is 0 Å². The SMILES string of the molecule is C#CC[C@H](NC(=O)OCC1c2ccccc2-c2ccccc21)C(=O)N[C@H](C(=O)OC)C(C)C. The summed E-state index contributed by atoms with van der Waals surface area (Å²) in [6.45, 7) is 3.66. The number of benzene rings is 2. The second kappa shape index (κ2) is 10.7. The summed E-state index contributed by atoms with van der Waals surface area (Å²) >= 11 is 0. The second-order valence-corrected chi connectivity index (χ2v) is 8.18. The lowest BCUT2D eigenvalue weighted by molar-refractivity contribution is -0.146. The molecule has 1 aliphatic rings. The summed E-state index contributed by atoms with van der Waals surface area (Å²) in [5, 5.41) is 5.12. The van der Waals surface area contributed by atoms with Crippen molar-refractivity contribution in [3.05, 3.63) is 59.7 Å². The highest BCUT2D eigenvalue weighted by Crippen LogP contribution is 2.44. The smallest absolute Gasteiger partial charge is 0.407 e. The maximum atomic E-state index is 12.7. The molecule has 2 N–H and O–H groups in total. The molecule has 2 aromatic rings. The lowest BCUT2D eigenvalue weighted by Gasteiger charge is -2.23. The Labute approximate surface area is 193 Å². The summed E-state index contributed by atoms with van der Waals surface area (Å²) in [5.41, 5.74) is 4.41. The van der Waals surface area contributed by atoms with Gasteiger partial charge < -0.3 is 20.1 Å². The van der Waals surface area contributed by atoms with E-state index in [2.05, 4.69) is 16.6 Å². The zero-order valence-electron chi connectivity index (χ0n) is 19.0. The van der Waals surface area contributed by atoms with Gasteiger partial charge in [-0.2, -0.15) is 0 Å². The zero-order valence-corrected chi connectivity index (χ0v) is 19.0. The molecule has 7 nitrogen and oxygen atoms in total. The van der Waals surface area contributed by atoms with Gasteiger partial charge in [0, 0.05) is 12.3 Å². The molecular formula is C26H28N2O5. The van der Waals surface area contributed by atoms with Gasteiger partial charge >= 0.3 is 12.1 Å². The van der Waals surface area contributed by atoms with Gasteiger partial charge in [-0.1, -0.05) is 62.4 Å². The van der Waals surface area contributed by atoms with E-state index < -0.39 is 30.1 Å². The number of nitrogens with one attached hydrogen (secondary N) is 2. The maximum Gasteiger partial charge on any atom is 0.407 e. The predicted molar refractivity (Wildman–Crippen MR) is 124 cm³/mol. The first-order valence-electron chi connectivity index (χ1n) is 10.8. The van der Waals surface area contributed by atoms with Crippen molar-refractivity contribution < 1.29 is 23.9 Å². The topological polar surface area (TPSA) is 93.7 Å². The lowest BCUT2D eigenvalue weighted by Crippen LogP contribution is -2.53. The van der Waals surface area contributed by atoms with Crippen molar-refractivity contribution in [1.29, 1.82) is 0 Å². The second-order valence-electron chi connectivity index (χ2n) is 8.18. The van der Waals surface area contributed by atoms with Crippen LogP contribution in [-0.4, -0.2) is 43.8 Å². The molecule has 0 aliphatic heterocycles. The third kappa shape index (κ3) is 5.35. The number of ether oxygens (including phenoxy) is 2. The molecule has 0 saturated heterocycles. The minimum absolute atomic E-state index is 0.0536. The molecule has 0 radical (unpaired) electrons. The summed E-state index contributed by atoms with van der Waals surface area (Å²) in [6, 6.07) is 14.1. The number of amides is 2. The fourth-order valence-electron chi connectivity index (χ4n) is 3.99. The number of fused-ring (bicyclic) bond motifs is 3. The van der Waals surface area contributed by atoms with E-state index in [-0.39, 0.29) is 24.9 Å². The minimum Gasteiger partial charge on any atom is -0.467 e. The van der Waals surface area contributed by atoms with Crippen molar-refractivity contribution in [2.75, 3.05) is 13.7 Å². The number of terminal acetylenes is 1. The van der Waals surface area contributed by atoms with E-state index in [0.29, 0.717) is 0 Å². The van der Waals surface area contributed by atoms with E-state index in [1.54, 1.807) is 13.8 Å². The third-order valence-electron chi connectivity index (χ3n) is 5.69. The van der Waals surface area contributed by atoms with Crippen LogP contribution >= 0.6 is 0 Å². The summed E-state index contributed by atoms with van der Waals surface area (Å²) < 4.78 is 10.2. The fraction of sp³-hybridized carbons (Fsp3) is 0.346. The Morgan fingerprint density at radius 3 is 2.09 bits per heavy atom. The van der Waals surface area contributed by atoms with E-state index in [9.17, 15) is 14.4 Å². The van der Waals surface area contributed by atoms with Crippen LogP contribution in [0, 0.1) is 18.3 Å². The first-order valence-corrected chi connectivity index (χ1v) is 10.8. The van der Waals surface area contributed by atoms with Crippen molar-refractivity contribution in [2.24, 2.45) is 5.92 Å². The molecule has 0 fully saturated rings. The lowest BCUT2D eigenvalue weighted by atomic mass is 9.98. The first-order chi connectivity index (χ1) is 15.9. The van der Waals surface area contributed by atoms with Gasteiger partial charge in [-0.15, -0.1) is 12.3 Å². The monoisotopic (exact) mass is 448 g/mol. The van der Waals surface area contributed by atoms with Gasteiger partial charge in [-0.25, -0.2) is 9.59 Å². The Kier molecular flexibility index (Phi) is 7.73. The van der Waals surface area contributed by atoms with E-state index in [4.69, 9.17) is 15.9 Å². The summed E-state index contributed by atoms with van der Waals surface area (Å²) in [6.07, 6.45) is 4.57. The molecule has 172 valence electrons. The Hall–Kier alpha value is -3.79. The molecule has 2 atom stereocenters. The van der Waals surface area contributed by atoms with Crippen molar-refractivity contribution >= 4 is 18.0 Å². The van der Waals surface area contributed by atoms with Gasteiger partial charge in [-0.05, 0) is 28.2 Å². The number of rotatable bonds is 8. The average Bonchev–Trinajstić information content (AvgIpc) is 3.13. The zero-order chi connectivity index (χ0) is 24.0. The van der Waals surface area contributed by atoms with E-state index in [1.807, 2.05) is 48.5 Å². The summed E-state index contributed by atoms with van der Waals surface area (Å²) in [4.78, 5) is 37.2. The molecule has 0 saturated carbocycles. The molecular weight excluding hydrogens is 420 g/mol. The number of carbonyl (C=O) groups excluding carboxylic acids is 3. The van der Waals surface area contributed by atoms with Crippen molar-refractivity contribution in [3.63, 3.8) is 0 Å². The average molecular weight is 449 g/mol. The highest BCUT2D eigenvalue weighted by Gasteiger charge is 2.31. The first kappa shape index (κ1) is 23.9. The number of alkyl carbamates (subject to hydrolysis) is 1. The summed E-state index contributed by atoms with van der Waals surface area (Å²) in [5.74, 6) is 0.917. The van der Waals surface area contributed by atoms with Crippen LogP contribution in [0.5, 0.6) is 0 Å². The molecule has 0 aromatic heterocycles. The van der Waals surface area contributed by atoms with Crippen LogP contribution in [0.1, 0.15) is 37.3 Å². The minimum atomic E-state index is -1.04.